The summed E-state index contributed by atoms with van der Waals surface area (Å²) in [5.41, 5.74) is 3.84. The SMILES string of the molecule is CN(Cc1ccccc1)C(=O)c1cnc(NN)c(Cl)c1. The van der Waals surface area contributed by atoms with Crippen molar-refractivity contribution >= 4 is 23.3 Å². The van der Waals surface area contributed by atoms with E-state index in [-0.39, 0.29) is 5.91 Å². The van der Waals surface area contributed by atoms with Crippen LogP contribution in [-0.4, -0.2) is 22.8 Å². The molecule has 1 aromatic carbocycles. The van der Waals surface area contributed by atoms with Crippen molar-refractivity contribution in [3.8, 4) is 0 Å². The number of hydrogen-bond donors (Lipinski definition) is 2. The van der Waals surface area contributed by atoms with Crippen LogP contribution in [0.5, 0.6) is 0 Å². The molecule has 0 saturated carbocycles. The van der Waals surface area contributed by atoms with Crippen molar-refractivity contribution in [2.75, 3.05) is 12.5 Å². The number of rotatable bonds is 4. The maximum Gasteiger partial charge on any atom is 0.255 e. The number of nitrogens with one attached hydrogen (secondary N) is 1. The number of nitrogens with two attached hydrogens (primary N) is 1. The zero-order valence-electron chi connectivity index (χ0n) is 11.0. The number of nitrogens with zero attached hydrogens (tertiary/aromatic N) is 2. The van der Waals surface area contributed by atoms with Crippen molar-refractivity contribution in [1.29, 1.82) is 0 Å². The number of carbonyl (C=O) groups excluding carboxylic acids is 1. The molecule has 0 bridgehead atoms. The highest BCUT2D eigenvalue weighted by Gasteiger charge is 2.14. The van der Waals surface area contributed by atoms with Gasteiger partial charge in [-0.2, -0.15) is 0 Å². The summed E-state index contributed by atoms with van der Waals surface area (Å²) >= 11 is 5.96. The molecule has 1 amide bonds. The summed E-state index contributed by atoms with van der Waals surface area (Å²) in [5.74, 6) is 5.44. The molecule has 0 aliphatic carbocycles. The van der Waals surface area contributed by atoms with Crippen LogP contribution in [0, 0.1) is 0 Å². The Kier molecular flexibility index (Phi) is 4.55. The number of hydrazine groups is 1. The van der Waals surface area contributed by atoms with Crippen LogP contribution in [0.25, 0.3) is 0 Å². The summed E-state index contributed by atoms with van der Waals surface area (Å²) in [4.78, 5) is 17.9. The van der Waals surface area contributed by atoms with Crippen LogP contribution in [-0.2, 0) is 6.54 Å². The molecule has 0 unspecified atom stereocenters. The monoisotopic (exact) mass is 290 g/mol. The van der Waals surface area contributed by atoms with Gasteiger partial charge in [0, 0.05) is 19.8 Å². The van der Waals surface area contributed by atoms with Crippen LogP contribution in [0.15, 0.2) is 42.6 Å². The zero-order chi connectivity index (χ0) is 14.5. The first-order valence-corrected chi connectivity index (χ1v) is 6.41. The van der Waals surface area contributed by atoms with Crippen LogP contribution in [0.3, 0.4) is 0 Å². The summed E-state index contributed by atoms with van der Waals surface area (Å²) in [5, 5.41) is 0.312. The van der Waals surface area contributed by atoms with E-state index in [2.05, 4.69) is 10.4 Å². The first-order chi connectivity index (χ1) is 9.61. The summed E-state index contributed by atoms with van der Waals surface area (Å²) in [6, 6.07) is 11.3. The lowest BCUT2D eigenvalue weighted by atomic mass is 10.2. The molecular weight excluding hydrogens is 276 g/mol. The molecule has 0 atom stereocenters. The Labute approximate surface area is 122 Å². The quantitative estimate of drug-likeness (QED) is 0.669. The summed E-state index contributed by atoms with van der Waals surface area (Å²) in [6.07, 6.45) is 1.45. The Hall–Kier alpha value is -2.11. The Bertz CT molecular complexity index is 603. The summed E-state index contributed by atoms with van der Waals surface area (Å²) in [7, 11) is 1.73. The molecule has 0 fully saturated rings. The van der Waals surface area contributed by atoms with Crippen molar-refractivity contribution in [1.82, 2.24) is 9.88 Å². The van der Waals surface area contributed by atoms with Crippen LogP contribution < -0.4 is 11.3 Å². The van der Waals surface area contributed by atoms with Gasteiger partial charge in [0.05, 0.1) is 10.6 Å². The average molecular weight is 291 g/mol. The predicted octanol–water partition coefficient (Wildman–Crippen LogP) is 2.29. The average Bonchev–Trinajstić information content (AvgIpc) is 2.47. The highest BCUT2D eigenvalue weighted by Crippen LogP contribution is 2.20. The zero-order valence-corrected chi connectivity index (χ0v) is 11.8. The number of aromatic nitrogens is 1. The van der Waals surface area contributed by atoms with Crippen molar-refractivity contribution in [3.05, 3.63) is 58.7 Å². The topological polar surface area (TPSA) is 71.2 Å². The molecule has 0 spiro atoms. The van der Waals surface area contributed by atoms with Gasteiger partial charge >= 0.3 is 0 Å². The van der Waals surface area contributed by atoms with Crippen molar-refractivity contribution < 1.29 is 4.79 Å². The number of amides is 1. The van der Waals surface area contributed by atoms with Gasteiger partial charge in [0.15, 0.2) is 5.82 Å². The van der Waals surface area contributed by atoms with Gasteiger partial charge in [-0.05, 0) is 11.6 Å². The molecule has 2 rings (SSSR count). The minimum atomic E-state index is -0.146. The van der Waals surface area contributed by atoms with Gasteiger partial charge in [0.25, 0.3) is 5.91 Å². The first-order valence-electron chi connectivity index (χ1n) is 6.03. The molecular formula is C14H15ClN4O. The number of nitrogen functional groups attached to an aromatic ring is 1. The lowest BCUT2D eigenvalue weighted by Crippen LogP contribution is -2.26. The number of benzene rings is 1. The summed E-state index contributed by atoms with van der Waals surface area (Å²) in [6.45, 7) is 0.522. The van der Waals surface area contributed by atoms with Gasteiger partial charge in [-0.1, -0.05) is 41.9 Å². The van der Waals surface area contributed by atoms with E-state index < -0.39 is 0 Å². The fraction of sp³-hybridized carbons (Fsp3) is 0.143. The molecule has 0 saturated heterocycles. The van der Waals surface area contributed by atoms with Gasteiger partial charge < -0.3 is 10.3 Å². The number of pyridine rings is 1. The van der Waals surface area contributed by atoms with Crippen molar-refractivity contribution in [2.24, 2.45) is 5.84 Å². The lowest BCUT2D eigenvalue weighted by Gasteiger charge is -2.17. The Balaban J connectivity index is 2.12. The van der Waals surface area contributed by atoms with Crippen molar-refractivity contribution in [2.45, 2.75) is 6.54 Å². The predicted molar refractivity (Wildman–Crippen MR) is 79.3 cm³/mol. The molecule has 0 aliphatic heterocycles. The van der Waals surface area contributed by atoms with E-state index in [4.69, 9.17) is 17.4 Å². The maximum atomic E-state index is 12.3. The second-order valence-electron chi connectivity index (χ2n) is 4.35. The molecule has 1 aromatic heterocycles. The smallest absolute Gasteiger partial charge is 0.255 e. The first kappa shape index (κ1) is 14.3. The largest absolute Gasteiger partial charge is 0.337 e. The van der Waals surface area contributed by atoms with Crippen LogP contribution in [0.2, 0.25) is 5.02 Å². The van der Waals surface area contributed by atoms with Gasteiger partial charge in [0.1, 0.15) is 0 Å². The van der Waals surface area contributed by atoms with Crippen molar-refractivity contribution in [3.63, 3.8) is 0 Å². The van der Waals surface area contributed by atoms with Gasteiger partial charge in [-0.3, -0.25) is 4.79 Å². The molecule has 3 N–H and O–H groups in total. The van der Waals surface area contributed by atoms with Crippen LogP contribution >= 0.6 is 11.6 Å². The highest BCUT2D eigenvalue weighted by atomic mass is 35.5. The minimum Gasteiger partial charge on any atom is -0.337 e. The third-order valence-corrected chi connectivity index (χ3v) is 3.12. The number of hydrogen-bond acceptors (Lipinski definition) is 4. The highest BCUT2D eigenvalue weighted by molar-refractivity contribution is 6.33. The molecule has 20 heavy (non-hydrogen) atoms. The van der Waals surface area contributed by atoms with Gasteiger partial charge in [-0.25, -0.2) is 10.8 Å². The normalized spacial score (nSPS) is 10.2. The molecule has 0 radical (unpaired) electrons. The van der Waals surface area contributed by atoms with E-state index in [1.54, 1.807) is 18.0 Å². The summed E-state index contributed by atoms with van der Waals surface area (Å²) < 4.78 is 0. The molecule has 2 aromatic rings. The second-order valence-corrected chi connectivity index (χ2v) is 4.75. The van der Waals surface area contributed by atoms with E-state index in [0.29, 0.717) is 22.9 Å². The molecule has 0 aliphatic rings. The fourth-order valence-electron chi connectivity index (χ4n) is 1.81. The van der Waals surface area contributed by atoms with E-state index in [0.717, 1.165) is 5.56 Å². The molecule has 5 nitrogen and oxygen atoms in total. The van der Waals surface area contributed by atoms with Gasteiger partial charge in [-0.15, -0.1) is 0 Å². The minimum absolute atomic E-state index is 0.146. The number of halogens is 1. The Morgan fingerprint density at radius 3 is 2.70 bits per heavy atom. The molecule has 6 heteroatoms. The standard InChI is InChI=1S/C14H15ClN4O/c1-19(9-10-5-3-2-4-6-10)14(20)11-7-12(15)13(18-16)17-8-11/h2-8H,9,16H2,1H3,(H,17,18). The van der Waals surface area contributed by atoms with Gasteiger partial charge in [0.2, 0.25) is 0 Å². The Morgan fingerprint density at radius 1 is 1.40 bits per heavy atom. The van der Waals surface area contributed by atoms with E-state index >= 15 is 0 Å². The number of anilines is 1. The van der Waals surface area contributed by atoms with E-state index in [1.807, 2.05) is 30.3 Å². The fourth-order valence-corrected chi connectivity index (χ4v) is 2.03. The number of carbonyl (C=O) groups is 1. The third kappa shape index (κ3) is 3.26. The molecule has 1 heterocycles. The van der Waals surface area contributed by atoms with E-state index in [9.17, 15) is 4.79 Å². The van der Waals surface area contributed by atoms with Crippen LogP contribution in [0.1, 0.15) is 15.9 Å². The van der Waals surface area contributed by atoms with E-state index in [1.165, 1.54) is 6.20 Å². The lowest BCUT2D eigenvalue weighted by molar-refractivity contribution is 0.0784. The Morgan fingerprint density at radius 2 is 2.10 bits per heavy atom. The van der Waals surface area contributed by atoms with Crippen LogP contribution in [0.4, 0.5) is 5.82 Å². The molecule has 104 valence electrons. The maximum absolute atomic E-state index is 12.3. The second kappa shape index (κ2) is 6.36. The third-order valence-electron chi connectivity index (χ3n) is 2.83.